The number of fused-ring (bicyclic) bond motifs is 1. The number of aliphatic hydroxyl groups excluding tert-OH is 1. The summed E-state index contributed by atoms with van der Waals surface area (Å²) in [7, 11) is 0. The van der Waals surface area contributed by atoms with Crippen molar-refractivity contribution in [3.63, 3.8) is 0 Å². The van der Waals surface area contributed by atoms with Crippen LogP contribution in [0, 0.1) is 13.8 Å². The molecule has 3 heterocycles. The maximum Gasteiger partial charge on any atom is 0.257 e. The van der Waals surface area contributed by atoms with Crippen molar-refractivity contribution in [2.24, 2.45) is 0 Å². The predicted octanol–water partition coefficient (Wildman–Crippen LogP) is 0.169. The zero-order valence-corrected chi connectivity index (χ0v) is 28.4. The fourth-order valence-corrected chi connectivity index (χ4v) is 6.21. The van der Waals surface area contributed by atoms with Crippen molar-refractivity contribution in [1.82, 2.24) is 36.6 Å². The highest BCUT2D eigenvalue weighted by Gasteiger charge is 2.39. The van der Waals surface area contributed by atoms with Crippen molar-refractivity contribution >= 4 is 35.4 Å². The first kappa shape index (κ1) is 37.0. The Morgan fingerprint density at radius 1 is 0.959 bits per heavy atom. The molecule has 0 aliphatic carbocycles. The summed E-state index contributed by atoms with van der Waals surface area (Å²) in [5, 5.41) is 27.9. The van der Waals surface area contributed by atoms with Crippen LogP contribution in [0.3, 0.4) is 0 Å². The smallest absolute Gasteiger partial charge is 0.257 e. The van der Waals surface area contributed by atoms with Gasteiger partial charge in [0.2, 0.25) is 29.5 Å². The zero-order chi connectivity index (χ0) is 35.7. The molecule has 0 saturated carbocycles. The Morgan fingerprint density at radius 3 is 2.33 bits per heavy atom. The van der Waals surface area contributed by atoms with E-state index in [0.29, 0.717) is 37.9 Å². The monoisotopic (exact) mass is 681 g/mol. The van der Waals surface area contributed by atoms with Gasteiger partial charge in [-0.2, -0.15) is 0 Å². The molecule has 4 rings (SSSR count). The Balaban J connectivity index is 1.62. The van der Waals surface area contributed by atoms with Gasteiger partial charge < -0.3 is 41.1 Å². The average molecular weight is 682 g/mol. The van der Waals surface area contributed by atoms with Crippen molar-refractivity contribution < 1.29 is 38.4 Å². The molecule has 15 heteroatoms. The van der Waals surface area contributed by atoms with Crippen LogP contribution in [0.15, 0.2) is 34.9 Å². The molecule has 6 N–H and O–H groups in total. The molecular weight excluding hydrogens is 634 g/mol. The minimum Gasteiger partial charge on any atom is -0.391 e. The standard InChI is InChI=1S/C34H47N7O8/c1-5-23-29(43)39-28(20(3)42)33(47)38-25(18-22-12-7-6-8-13-22)34(48)41-17-11-15-26(41)31(45)35-16-10-9-14-24(30(44)36-23)37-32(46)27-19(2)40-49-21(27)4/h6-8,12-13,20,23-26,28,42H,5,9-11,14-18H2,1-4H3,(H,35,45)(H,36,44)(H,37,46)(H,38,47)(H,39,43)/t20-,23+,24+,25-,26+,28+/m1/s1. The molecular formula is C34H47N7O8. The van der Waals surface area contributed by atoms with E-state index in [1.807, 2.05) is 30.3 Å². The van der Waals surface area contributed by atoms with Gasteiger partial charge in [0, 0.05) is 19.5 Å². The molecule has 2 aliphatic heterocycles. The van der Waals surface area contributed by atoms with Crippen LogP contribution in [-0.2, 0) is 30.4 Å². The number of amides is 6. The van der Waals surface area contributed by atoms with E-state index in [0.717, 1.165) is 5.56 Å². The van der Waals surface area contributed by atoms with Gasteiger partial charge in [-0.3, -0.25) is 28.8 Å². The molecule has 0 radical (unpaired) electrons. The van der Waals surface area contributed by atoms with E-state index in [-0.39, 0.29) is 43.0 Å². The van der Waals surface area contributed by atoms with E-state index in [1.54, 1.807) is 20.8 Å². The molecule has 15 nitrogen and oxygen atoms in total. The summed E-state index contributed by atoms with van der Waals surface area (Å²) in [6.07, 6.45) is 1.01. The second-order valence-electron chi connectivity index (χ2n) is 12.6. The average Bonchev–Trinajstić information content (AvgIpc) is 3.70. The number of carbonyl (C=O) groups is 6. The summed E-state index contributed by atoms with van der Waals surface area (Å²) in [6, 6.07) is 3.59. The first-order valence-electron chi connectivity index (χ1n) is 16.9. The Morgan fingerprint density at radius 2 is 1.67 bits per heavy atom. The van der Waals surface area contributed by atoms with Gasteiger partial charge in [-0.25, -0.2) is 0 Å². The minimum absolute atomic E-state index is 0.116. The van der Waals surface area contributed by atoms with Crippen LogP contribution in [0.5, 0.6) is 0 Å². The SMILES string of the molecule is CC[C@@H]1NC(=O)[C@@H](NC(=O)c2c(C)noc2C)CCCCNC(=O)[C@@H]2CCCN2C(=O)[C@@H](Cc2ccccc2)NC(=O)[C@H]([C@@H](C)O)NC1=O. The van der Waals surface area contributed by atoms with E-state index in [1.165, 1.54) is 11.8 Å². The number of nitrogens with one attached hydrogen (secondary N) is 5. The lowest BCUT2D eigenvalue weighted by Crippen LogP contribution is -2.61. The van der Waals surface area contributed by atoms with Crippen molar-refractivity contribution in [2.75, 3.05) is 13.1 Å². The van der Waals surface area contributed by atoms with Crippen LogP contribution in [0.4, 0.5) is 0 Å². The number of hydrogen-bond donors (Lipinski definition) is 6. The van der Waals surface area contributed by atoms with Crippen molar-refractivity contribution in [2.45, 2.75) is 109 Å². The Hall–Kier alpha value is -4.79. The second-order valence-corrected chi connectivity index (χ2v) is 12.6. The number of hydrogen-bond acceptors (Lipinski definition) is 9. The largest absolute Gasteiger partial charge is 0.391 e. The molecule has 1 aromatic carbocycles. The van der Waals surface area contributed by atoms with Gasteiger partial charge in [-0.05, 0) is 64.9 Å². The number of aryl methyl sites for hydroxylation is 2. The fourth-order valence-electron chi connectivity index (χ4n) is 6.21. The molecule has 0 spiro atoms. The molecule has 0 unspecified atom stereocenters. The molecule has 266 valence electrons. The third-order valence-electron chi connectivity index (χ3n) is 8.94. The lowest BCUT2D eigenvalue weighted by Gasteiger charge is -2.30. The number of rotatable bonds is 6. The summed E-state index contributed by atoms with van der Waals surface area (Å²) < 4.78 is 5.11. The topological polar surface area (TPSA) is 212 Å². The number of aliphatic hydroxyl groups is 1. The van der Waals surface area contributed by atoms with Crippen LogP contribution in [0.1, 0.15) is 79.7 Å². The number of benzene rings is 1. The summed E-state index contributed by atoms with van der Waals surface area (Å²) in [4.78, 5) is 82.6. The summed E-state index contributed by atoms with van der Waals surface area (Å²) in [5.41, 5.74) is 1.32. The second kappa shape index (κ2) is 17.0. The van der Waals surface area contributed by atoms with Gasteiger partial charge >= 0.3 is 0 Å². The first-order valence-corrected chi connectivity index (χ1v) is 16.9. The van der Waals surface area contributed by atoms with Crippen molar-refractivity contribution in [3.05, 3.63) is 52.9 Å². The first-order chi connectivity index (χ1) is 23.4. The van der Waals surface area contributed by atoms with Gasteiger partial charge in [0.05, 0.1) is 11.8 Å². The Kier molecular flexibility index (Phi) is 12.9. The van der Waals surface area contributed by atoms with Gasteiger partial charge in [0.1, 0.15) is 41.5 Å². The summed E-state index contributed by atoms with van der Waals surface area (Å²) in [6.45, 7) is 6.78. The van der Waals surface area contributed by atoms with Crippen LogP contribution < -0.4 is 26.6 Å². The van der Waals surface area contributed by atoms with Crippen LogP contribution in [0.25, 0.3) is 0 Å². The minimum atomic E-state index is -1.47. The highest BCUT2D eigenvalue weighted by atomic mass is 16.5. The maximum absolute atomic E-state index is 14.0. The lowest BCUT2D eigenvalue weighted by molar-refractivity contribution is -0.142. The third-order valence-corrected chi connectivity index (χ3v) is 8.94. The van der Waals surface area contributed by atoms with Crippen molar-refractivity contribution in [1.29, 1.82) is 0 Å². The number of aromatic nitrogens is 1. The number of carbonyl (C=O) groups excluding carboxylic acids is 6. The molecule has 1 aromatic heterocycles. The Labute approximate surface area is 285 Å². The van der Waals surface area contributed by atoms with E-state index in [2.05, 4.69) is 31.7 Å². The van der Waals surface area contributed by atoms with Gasteiger partial charge in [-0.1, -0.05) is 42.4 Å². The van der Waals surface area contributed by atoms with E-state index >= 15 is 0 Å². The summed E-state index contributed by atoms with van der Waals surface area (Å²) >= 11 is 0. The molecule has 0 bridgehead atoms. The van der Waals surface area contributed by atoms with E-state index in [9.17, 15) is 33.9 Å². The zero-order valence-electron chi connectivity index (χ0n) is 28.4. The van der Waals surface area contributed by atoms with Gasteiger partial charge in [0.25, 0.3) is 5.91 Å². The lowest BCUT2D eigenvalue weighted by atomic mass is 10.0. The molecule has 2 saturated heterocycles. The molecule has 6 atom stereocenters. The molecule has 2 aromatic rings. The molecule has 49 heavy (non-hydrogen) atoms. The van der Waals surface area contributed by atoms with Crippen molar-refractivity contribution in [3.8, 4) is 0 Å². The molecule has 2 fully saturated rings. The van der Waals surface area contributed by atoms with Crippen LogP contribution >= 0.6 is 0 Å². The van der Waals surface area contributed by atoms with E-state index < -0.39 is 65.8 Å². The van der Waals surface area contributed by atoms with Crippen LogP contribution in [0.2, 0.25) is 0 Å². The Bertz CT molecular complexity index is 1490. The van der Waals surface area contributed by atoms with Crippen LogP contribution in [-0.4, -0.2) is 100 Å². The normalized spacial score (nSPS) is 25.4. The maximum atomic E-state index is 14.0. The third kappa shape index (κ3) is 9.43. The summed E-state index contributed by atoms with van der Waals surface area (Å²) in [5.74, 6) is -3.21. The molecule has 2 aliphatic rings. The van der Waals surface area contributed by atoms with Gasteiger partial charge in [-0.15, -0.1) is 0 Å². The van der Waals surface area contributed by atoms with E-state index in [4.69, 9.17) is 4.52 Å². The molecule has 6 amide bonds. The van der Waals surface area contributed by atoms with Gasteiger partial charge in [0.15, 0.2) is 0 Å². The number of nitrogens with zero attached hydrogens (tertiary/aromatic N) is 2. The highest BCUT2D eigenvalue weighted by Crippen LogP contribution is 2.20. The highest BCUT2D eigenvalue weighted by molar-refractivity contribution is 6.00. The fraction of sp³-hybridized carbons (Fsp3) is 0.559. The quantitative estimate of drug-likeness (QED) is 0.245. The predicted molar refractivity (Wildman–Crippen MR) is 177 cm³/mol.